The van der Waals surface area contributed by atoms with Gasteiger partial charge in [-0.15, -0.1) is 0 Å². The maximum Gasteiger partial charge on any atom is 0.273 e. The number of fused-ring (bicyclic) bond motifs is 1. The van der Waals surface area contributed by atoms with Crippen molar-refractivity contribution in [2.75, 3.05) is 13.7 Å². The molecule has 1 atom stereocenters. The molecule has 7 heteroatoms. The molecule has 2 aromatic carbocycles. The van der Waals surface area contributed by atoms with Gasteiger partial charge in [0.1, 0.15) is 18.1 Å². The van der Waals surface area contributed by atoms with E-state index in [0.717, 1.165) is 16.5 Å². The first kappa shape index (κ1) is 19.7. The topological polar surface area (TPSA) is 93.8 Å². The Labute approximate surface area is 163 Å². The van der Waals surface area contributed by atoms with E-state index in [1.807, 2.05) is 50.2 Å². The molecule has 0 bridgehead atoms. The molecule has 0 fully saturated rings. The molecule has 0 saturated heterocycles. The van der Waals surface area contributed by atoms with Crippen LogP contribution in [-0.4, -0.2) is 35.9 Å². The van der Waals surface area contributed by atoms with Gasteiger partial charge in [-0.1, -0.05) is 43.3 Å². The summed E-state index contributed by atoms with van der Waals surface area (Å²) in [5, 5.41) is 17.7. The Kier molecular flexibility index (Phi) is 6.16. The largest absolute Gasteiger partial charge is 0.496 e. The number of methoxy groups -OCH3 is 1. The normalized spacial score (nSPS) is 12.2. The van der Waals surface area contributed by atoms with Gasteiger partial charge in [0.05, 0.1) is 19.8 Å². The number of ether oxygens (including phenoxy) is 2. The van der Waals surface area contributed by atoms with Gasteiger partial charge in [0.2, 0.25) is 0 Å². The first-order valence-corrected chi connectivity index (χ1v) is 9.09. The number of hydrogen-bond acceptors (Lipinski definition) is 6. The SMILES string of the molecule is COc1ccc(OCc2cc(C(=O)N[C@@H](CO)C(C)C)no2)c2ccccc12. The van der Waals surface area contributed by atoms with Crippen molar-refractivity contribution in [3.05, 3.63) is 53.9 Å². The number of hydrogen-bond donors (Lipinski definition) is 2. The van der Waals surface area contributed by atoms with Crippen LogP contribution in [-0.2, 0) is 6.61 Å². The summed E-state index contributed by atoms with van der Waals surface area (Å²) in [6, 6.07) is 12.7. The van der Waals surface area contributed by atoms with Crippen LogP contribution in [0, 0.1) is 5.92 Å². The number of carbonyl (C=O) groups excluding carboxylic acids is 1. The highest BCUT2D eigenvalue weighted by atomic mass is 16.5. The number of amides is 1. The van der Waals surface area contributed by atoms with Crippen molar-refractivity contribution in [1.82, 2.24) is 10.5 Å². The maximum atomic E-state index is 12.3. The Morgan fingerprint density at radius 1 is 1.18 bits per heavy atom. The summed E-state index contributed by atoms with van der Waals surface area (Å²) in [6.07, 6.45) is 0. The quantitative estimate of drug-likeness (QED) is 0.620. The average Bonchev–Trinajstić information content (AvgIpc) is 3.19. The molecule has 1 aromatic heterocycles. The molecule has 7 nitrogen and oxygen atoms in total. The summed E-state index contributed by atoms with van der Waals surface area (Å²) in [5.74, 6) is 1.59. The molecule has 0 unspecified atom stereocenters. The van der Waals surface area contributed by atoms with Gasteiger partial charge in [0, 0.05) is 16.8 Å². The van der Waals surface area contributed by atoms with E-state index in [0.29, 0.717) is 11.5 Å². The lowest BCUT2D eigenvalue weighted by Gasteiger charge is -2.18. The number of aliphatic hydroxyl groups is 1. The van der Waals surface area contributed by atoms with E-state index in [1.54, 1.807) is 7.11 Å². The molecule has 0 radical (unpaired) electrons. The second-order valence-corrected chi connectivity index (χ2v) is 6.79. The highest BCUT2D eigenvalue weighted by Crippen LogP contribution is 2.33. The molecule has 28 heavy (non-hydrogen) atoms. The second kappa shape index (κ2) is 8.75. The van der Waals surface area contributed by atoms with Crippen LogP contribution in [0.25, 0.3) is 10.8 Å². The Morgan fingerprint density at radius 3 is 2.50 bits per heavy atom. The van der Waals surface area contributed by atoms with Crippen molar-refractivity contribution < 1.29 is 23.9 Å². The van der Waals surface area contributed by atoms with Crippen LogP contribution in [0.3, 0.4) is 0 Å². The minimum Gasteiger partial charge on any atom is -0.496 e. The summed E-state index contributed by atoms with van der Waals surface area (Å²) in [4.78, 5) is 12.3. The predicted molar refractivity (Wildman–Crippen MR) is 105 cm³/mol. The highest BCUT2D eigenvalue weighted by molar-refractivity contribution is 5.93. The van der Waals surface area contributed by atoms with Crippen molar-refractivity contribution in [3.63, 3.8) is 0 Å². The van der Waals surface area contributed by atoms with Crippen molar-refractivity contribution in [1.29, 1.82) is 0 Å². The predicted octanol–water partition coefficient (Wildman–Crippen LogP) is 3.16. The van der Waals surface area contributed by atoms with E-state index in [2.05, 4.69) is 10.5 Å². The molecule has 0 aliphatic heterocycles. The van der Waals surface area contributed by atoms with Crippen LogP contribution in [0.15, 0.2) is 47.0 Å². The van der Waals surface area contributed by atoms with E-state index < -0.39 is 5.91 Å². The van der Waals surface area contributed by atoms with Crippen LogP contribution in [0.2, 0.25) is 0 Å². The van der Waals surface area contributed by atoms with Crippen molar-refractivity contribution in [2.45, 2.75) is 26.5 Å². The zero-order valence-corrected chi connectivity index (χ0v) is 16.1. The molecule has 148 valence electrons. The number of carbonyl (C=O) groups is 1. The van der Waals surface area contributed by atoms with Crippen molar-refractivity contribution in [3.8, 4) is 11.5 Å². The fourth-order valence-electron chi connectivity index (χ4n) is 2.85. The molecule has 1 amide bonds. The number of aromatic nitrogens is 1. The lowest BCUT2D eigenvalue weighted by Crippen LogP contribution is -2.41. The van der Waals surface area contributed by atoms with E-state index in [1.165, 1.54) is 6.07 Å². The van der Waals surface area contributed by atoms with Crippen LogP contribution in [0.4, 0.5) is 0 Å². The van der Waals surface area contributed by atoms with Gasteiger partial charge < -0.3 is 24.4 Å². The van der Waals surface area contributed by atoms with Crippen LogP contribution < -0.4 is 14.8 Å². The fourth-order valence-corrected chi connectivity index (χ4v) is 2.85. The lowest BCUT2D eigenvalue weighted by atomic mass is 10.1. The van der Waals surface area contributed by atoms with Gasteiger partial charge in [-0.3, -0.25) is 4.79 Å². The van der Waals surface area contributed by atoms with Crippen LogP contribution in [0.1, 0.15) is 30.1 Å². The molecule has 0 aliphatic carbocycles. The third-order valence-electron chi connectivity index (χ3n) is 4.54. The van der Waals surface area contributed by atoms with E-state index in [9.17, 15) is 9.90 Å². The number of nitrogens with zero attached hydrogens (tertiary/aromatic N) is 1. The molecule has 1 heterocycles. The van der Waals surface area contributed by atoms with Gasteiger partial charge >= 0.3 is 0 Å². The summed E-state index contributed by atoms with van der Waals surface area (Å²) in [6.45, 7) is 3.83. The van der Waals surface area contributed by atoms with E-state index >= 15 is 0 Å². The molecular weight excluding hydrogens is 360 g/mol. The number of benzene rings is 2. The first-order chi connectivity index (χ1) is 13.5. The third kappa shape index (κ3) is 4.26. The summed E-state index contributed by atoms with van der Waals surface area (Å²) < 4.78 is 16.5. The number of aliphatic hydroxyl groups excluding tert-OH is 1. The van der Waals surface area contributed by atoms with E-state index in [4.69, 9.17) is 14.0 Å². The Bertz CT molecular complexity index is 951. The molecular formula is C21H24N2O5. The second-order valence-electron chi connectivity index (χ2n) is 6.79. The molecule has 0 saturated carbocycles. The van der Waals surface area contributed by atoms with Gasteiger partial charge in [0.25, 0.3) is 5.91 Å². The minimum atomic E-state index is -0.391. The standard InChI is InChI=1S/C21H24N2O5/c1-13(2)18(11-24)22-21(25)17-10-14(28-23-17)12-27-20-9-8-19(26-3)15-6-4-5-7-16(15)20/h4-10,13,18,24H,11-12H2,1-3H3,(H,22,25)/t18-/m0/s1. The average molecular weight is 384 g/mol. The Morgan fingerprint density at radius 2 is 1.86 bits per heavy atom. The summed E-state index contributed by atoms with van der Waals surface area (Å²) in [7, 11) is 1.63. The van der Waals surface area contributed by atoms with Gasteiger partial charge in [-0.25, -0.2) is 0 Å². The Balaban J connectivity index is 1.70. The highest BCUT2D eigenvalue weighted by Gasteiger charge is 2.19. The minimum absolute atomic E-state index is 0.104. The first-order valence-electron chi connectivity index (χ1n) is 9.09. The van der Waals surface area contributed by atoms with Crippen LogP contribution in [0.5, 0.6) is 11.5 Å². The van der Waals surface area contributed by atoms with Crippen molar-refractivity contribution in [2.24, 2.45) is 5.92 Å². The van der Waals surface area contributed by atoms with Crippen molar-refractivity contribution >= 4 is 16.7 Å². The number of rotatable bonds is 8. The third-order valence-corrected chi connectivity index (χ3v) is 4.54. The molecule has 0 aliphatic rings. The maximum absolute atomic E-state index is 12.3. The van der Waals surface area contributed by atoms with Crippen LogP contribution >= 0.6 is 0 Å². The van der Waals surface area contributed by atoms with E-state index in [-0.39, 0.29) is 30.9 Å². The zero-order valence-electron chi connectivity index (χ0n) is 16.1. The zero-order chi connectivity index (χ0) is 20.1. The van der Waals surface area contributed by atoms with Gasteiger partial charge in [-0.05, 0) is 18.1 Å². The molecule has 3 rings (SSSR count). The fraction of sp³-hybridized carbons (Fsp3) is 0.333. The summed E-state index contributed by atoms with van der Waals surface area (Å²) >= 11 is 0. The lowest BCUT2D eigenvalue weighted by molar-refractivity contribution is 0.0887. The summed E-state index contributed by atoms with van der Waals surface area (Å²) in [5.41, 5.74) is 0.150. The monoisotopic (exact) mass is 384 g/mol. The van der Waals surface area contributed by atoms with Gasteiger partial charge in [-0.2, -0.15) is 0 Å². The molecule has 2 N–H and O–H groups in total. The smallest absolute Gasteiger partial charge is 0.273 e. The van der Waals surface area contributed by atoms with Gasteiger partial charge in [0.15, 0.2) is 11.5 Å². The molecule has 3 aromatic rings. The number of nitrogens with one attached hydrogen (secondary N) is 1. The Hall–Kier alpha value is -3.06. The molecule has 0 spiro atoms.